The van der Waals surface area contributed by atoms with Crippen molar-refractivity contribution in [2.75, 3.05) is 24.5 Å². The number of hydrogen-bond acceptors (Lipinski definition) is 4. The smallest absolute Gasteiger partial charge is 0.369 e. The Morgan fingerprint density at radius 2 is 2.20 bits per heavy atom. The molecule has 1 fully saturated rings. The van der Waals surface area contributed by atoms with Crippen molar-refractivity contribution < 1.29 is 18.0 Å². The zero-order chi connectivity index (χ0) is 18.0. The number of rotatable bonds is 3. The maximum atomic E-state index is 12.3. The molecule has 3 heterocycles. The molecule has 3 rings (SSSR count). The van der Waals surface area contributed by atoms with Gasteiger partial charge in [0.2, 0.25) is 5.91 Å². The van der Waals surface area contributed by atoms with Gasteiger partial charge in [-0.15, -0.1) is 0 Å². The van der Waals surface area contributed by atoms with Gasteiger partial charge in [-0.25, -0.2) is 0 Å². The second kappa shape index (κ2) is 7.15. The Morgan fingerprint density at radius 1 is 1.40 bits per heavy atom. The molecule has 0 aromatic carbocycles. The van der Waals surface area contributed by atoms with Crippen molar-refractivity contribution in [3.05, 3.63) is 29.0 Å². The van der Waals surface area contributed by atoms with Crippen LogP contribution in [-0.2, 0) is 4.79 Å². The topological polar surface area (TPSA) is 58.1 Å². The van der Waals surface area contributed by atoms with Gasteiger partial charge in [0.25, 0.3) is 0 Å². The molecular formula is C16H16BrF3N4O. The van der Waals surface area contributed by atoms with Crippen molar-refractivity contribution in [1.82, 2.24) is 15.3 Å². The molecular weight excluding hydrogens is 401 g/mol. The van der Waals surface area contributed by atoms with Gasteiger partial charge in [-0.3, -0.25) is 14.8 Å². The standard InChI is InChI=1S/C16H16BrF3N4O/c17-11-6-12-14(22-7-11)13(3-4-21-12)24-5-1-2-10(8-24)15(25)23-9-16(18,19)20/h3-4,6-7,10H,1-2,5,8-9H2,(H,23,25). The minimum absolute atomic E-state index is 0.362. The van der Waals surface area contributed by atoms with Crippen LogP contribution >= 0.6 is 15.9 Å². The third kappa shape index (κ3) is 4.39. The molecule has 0 spiro atoms. The average Bonchev–Trinajstić information content (AvgIpc) is 2.58. The minimum atomic E-state index is -4.40. The third-order valence-corrected chi connectivity index (χ3v) is 4.55. The van der Waals surface area contributed by atoms with Crippen LogP contribution in [-0.4, -0.2) is 41.7 Å². The summed E-state index contributed by atoms with van der Waals surface area (Å²) in [7, 11) is 0. The van der Waals surface area contributed by atoms with Gasteiger partial charge in [0, 0.05) is 30.0 Å². The number of alkyl halides is 3. The fraction of sp³-hybridized carbons (Fsp3) is 0.438. The lowest BCUT2D eigenvalue weighted by Gasteiger charge is -2.34. The molecule has 5 nitrogen and oxygen atoms in total. The second-order valence-electron chi connectivity index (χ2n) is 5.97. The molecule has 25 heavy (non-hydrogen) atoms. The lowest BCUT2D eigenvalue weighted by atomic mass is 9.96. The first-order chi connectivity index (χ1) is 11.8. The number of nitrogens with zero attached hydrogens (tertiary/aromatic N) is 3. The second-order valence-corrected chi connectivity index (χ2v) is 6.89. The zero-order valence-corrected chi connectivity index (χ0v) is 14.8. The first-order valence-corrected chi connectivity index (χ1v) is 8.62. The molecule has 0 saturated carbocycles. The largest absolute Gasteiger partial charge is 0.405 e. The Kier molecular flexibility index (Phi) is 5.12. The Morgan fingerprint density at radius 3 is 2.96 bits per heavy atom. The number of carbonyl (C=O) groups is 1. The van der Waals surface area contributed by atoms with Gasteiger partial charge in [0.15, 0.2) is 0 Å². The summed E-state index contributed by atoms with van der Waals surface area (Å²) in [6.07, 6.45) is 0.235. The summed E-state index contributed by atoms with van der Waals surface area (Å²) in [5, 5.41) is 1.98. The van der Waals surface area contributed by atoms with E-state index >= 15 is 0 Å². The van der Waals surface area contributed by atoms with Crippen LogP contribution in [0.2, 0.25) is 0 Å². The first-order valence-electron chi connectivity index (χ1n) is 7.83. The van der Waals surface area contributed by atoms with E-state index in [1.165, 1.54) is 0 Å². The van der Waals surface area contributed by atoms with Crippen LogP contribution in [0.5, 0.6) is 0 Å². The van der Waals surface area contributed by atoms with E-state index in [1.54, 1.807) is 12.4 Å². The quantitative estimate of drug-likeness (QED) is 0.833. The van der Waals surface area contributed by atoms with Gasteiger partial charge in [-0.1, -0.05) is 0 Å². The number of carbonyl (C=O) groups excluding carboxylic acids is 1. The lowest BCUT2D eigenvalue weighted by molar-refractivity contribution is -0.140. The fourth-order valence-electron chi connectivity index (χ4n) is 2.99. The van der Waals surface area contributed by atoms with E-state index in [-0.39, 0.29) is 0 Å². The molecule has 1 aliphatic rings. The van der Waals surface area contributed by atoms with Gasteiger partial charge in [-0.2, -0.15) is 13.2 Å². The summed E-state index contributed by atoms with van der Waals surface area (Å²) in [6.45, 7) is -0.212. The van der Waals surface area contributed by atoms with Crippen LogP contribution in [0.25, 0.3) is 11.0 Å². The number of amides is 1. The van der Waals surface area contributed by atoms with Gasteiger partial charge >= 0.3 is 6.18 Å². The molecule has 1 aliphatic heterocycles. The molecule has 0 radical (unpaired) electrons. The number of piperidine rings is 1. The predicted molar refractivity (Wildman–Crippen MR) is 91.2 cm³/mol. The molecule has 0 aliphatic carbocycles. The van der Waals surface area contributed by atoms with E-state index in [0.29, 0.717) is 18.5 Å². The highest BCUT2D eigenvalue weighted by Gasteiger charge is 2.31. The number of anilines is 1. The van der Waals surface area contributed by atoms with E-state index in [9.17, 15) is 18.0 Å². The molecule has 1 N–H and O–H groups in total. The van der Waals surface area contributed by atoms with Crippen molar-refractivity contribution in [1.29, 1.82) is 0 Å². The molecule has 0 bridgehead atoms. The zero-order valence-electron chi connectivity index (χ0n) is 13.2. The van der Waals surface area contributed by atoms with Crippen LogP contribution in [0.3, 0.4) is 0 Å². The monoisotopic (exact) mass is 416 g/mol. The van der Waals surface area contributed by atoms with Crippen molar-refractivity contribution >= 4 is 38.6 Å². The number of halogens is 4. The van der Waals surface area contributed by atoms with Crippen LogP contribution in [0.4, 0.5) is 18.9 Å². The number of fused-ring (bicyclic) bond motifs is 1. The summed E-state index contributed by atoms with van der Waals surface area (Å²) in [6, 6.07) is 3.67. The van der Waals surface area contributed by atoms with E-state index in [2.05, 4.69) is 25.9 Å². The summed E-state index contributed by atoms with van der Waals surface area (Å²) >= 11 is 3.35. The van der Waals surface area contributed by atoms with Crippen LogP contribution in [0.15, 0.2) is 29.0 Å². The molecule has 1 unspecified atom stereocenters. The fourth-order valence-corrected chi connectivity index (χ4v) is 3.31. The maximum absolute atomic E-state index is 12.3. The van der Waals surface area contributed by atoms with Gasteiger partial charge < -0.3 is 10.2 Å². The van der Waals surface area contributed by atoms with E-state index < -0.39 is 24.5 Å². The highest BCUT2D eigenvalue weighted by molar-refractivity contribution is 9.10. The van der Waals surface area contributed by atoms with Crippen LogP contribution < -0.4 is 10.2 Å². The summed E-state index contributed by atoms with van der Waals surface area (Å²) in [5.41, 5.74) is 2.27. The number of pyridine rings is 2. The van der Waals surface area contributed by atoms with Gasteiger partial charge in [0.05, 0.1) is 17.1 Å². The van der Waals surface area contributed by atoms with Gasteiger partial charge in [0.1, 0.15) is 12.1 Å². The molecule has 2 aromatic rings. The maximum Gasteiger partial charge on any atom is 0.405 e. The Hall–Kier alpha value is -1.90. The van der Waals surface area contributed by atoms with Crippen LogP contribution in [0.1, 0.15) is 12.8 Å². The summed E-state index contributed by atoms with van der Waals surface area (Å²) in [4.78, 5) is 22.7. The lowest BCUT2D eigenvalue weighted by Crippen LogP contribution is -2.45. The summed E-state index contributed by atoms with van der Waals surface area (Å²) in [5.74, 6) is -1.04. The average molecular weight is 417 g/mol. The highest BCUT2D eigenvalue weighted by atomic mass is 79.9. The number of hydrogen-bond donors (Lipinski definition) is 1. The van der Waals surface area contributed by atoms with Crippen LogP contribution in [0, 0.1) is 5.92 Å². The Balaban J connectivity index is 1.77. The van der Waals surface area contributed by atoms with Crippen molar-refractivity contribution in [3.8, 4) is 0 Å². The van der Waals surface area contributed by atoms with Crippen molar-refractivity contribution in [2.45, 2.75) is 19.0 Å². The molecule has 1 atom stereocenters. The number of aromatic nitrogens is 2. The van der Waals surface area contributed by atoms with E-state index in [4.69, 9.17) is 0 Å². The highest BCUT2D eigenvalue weighted by Crippen LogP contribution is 2.29. The SMILES string of the molecule is O=C(NCC(F)(F)F)C1CCCN(c2ccnc3cc(Br)cnc23)C1. The Labute approximate surface area is 150 Å². The van der Waals surface area contributed by atoms with Crippen molar-refractivity contribution in [2.24, 2.45) is 5.92 Å². The normalized spacial score (nSPS) is 18.4. The Bertz CT molecular complexity index is 784. The molecule has 1 amide bonds. The van der Waals surface area contributed by atoms with Crippen molar-refractivity contribution in [3.63, 3.8) is 0 Å². The first kappa shape index (κ1) is 17.9. The summed E-state index contributed by atoms with van der Waals surface area (Å²) < 4.78 is 37.7. The van der Waals surface area contributed by atoms with E-state index in [0.717, 1.165) is 28.6 Å². The van der Waals surface area contributed by atoms with E-state index in [1.807, 2.05) is 22.3 Å². The minimum Gasteiger partial charge on any atom is -0.369 e. The molecule has 2 aromatic heterocycles. The third-order valence-electron chi connectivity index (χ3n) is 4.12. The molecule has 1 saturated heterocycles. The molecule has 9 heteroatoms. The van der Waals surface area contributed by atoms with Gasteiger partial charge in [-0.05, 0) is 40.9 Å². The predicted octanol–water partition coefficient (Wildman–Crippen LogP) is 3.29. The number of nitrogens with one attached hydrogen (secondary N) is 1. The molecule has 134 valence electrons.